The smallest absolute Gasteiger partial charge is 0.267 e. The Hall–Kier alpha value is -1.95. The Morgan fingerprint density at radius 1 is 1.11 bits per heavy atom. The Morgan fingerprint density at radius 3 is 2.47 bits per heavy atom. The van der Waals surface area contributed by atoms with Crippen LogP contribution in [-0.4, -0.2) is 19.6 Å². The molecule has 1 aromatic carbocycles. The standard InChI is InChI=1S/C13H11BrN4O/c1-17-10-7-15-18(2)13(19)11(10)12(16-17)8-3-5-9(14)6-4-8/h3-7H,1-2H3. The molecule has 6 heteroatoms. The van der Waals surface area contributed by atoms with Gasteiger partial charge < -0.3 is 0 Å². The Bertz CT molecular complexity index is 817. The van der Waals surface area contributed by atoms with E-state index in [0.717, 1.165) is 15.6 Å². The summed E-state index contributed by atoms with van der Waals surface area (Å²) in [5.41, 5.74) is 2.20. The van der Waals surface area contributed by atoms with Gasteiger partial charge in [-0.15, -0.1) is 0 Å². The van der Waals surface area contributed by atoms with Crippen molar-refractivity contribution in [3.8, 4) is 11.3 Å². The average molecular weight is 319 g/mol. The number of halogens is 1. The lowest BCUT2D eigenvalue weighted by atomic mass is 10.1. The van der Waals surface area contributed by atoms with E-state index < -0.39 is 0 Å². The van der Waals surface area contributed by atoms with E-state index in [1.54, 1.807) is 17.9 Å². The maximum atomic E-state index is 12.2. The number of hydrogen-bond acceptors (Lipinski definition) is 3. The third-order valence-corrected chi connectivity index (χ3v) is 3.60. The van der Waals surface area contributed by atoms with Gasteiger partial charge in [-0.05, 0) is 12.1 Å². The summed E-state index contributed by atoms with van der Waals surface area (Å²) in [5.74, 6) is 0. The number of aromatic nitrogens is 4. The molecule has 0 saturated carbocycles. The molecule has 0 spiro atoms. The second-order valence-corrected chi connectivity index (χ2v) is 5.23. The maximum absolute atomic E-state index is 12.2. The topological polar surface area (TPSA) is 52.7 Å². The molecule has 19 heavy (non-hydrogen) atoms. The summed E-state index contributed by atoms with van der Waals surface area (Å²) in [6.45, 7) is 0. The van der Waals surface area contributed by atoms with Crippen LogP contribution in [0.15, 0.2) is 39.7 Å². The highest BCUT2D eigenvalue weighted by atomic mass is 79.9. The lowest BCUT2D eigenvalue weighted by molar-refractivity contribution is 0.713. The molecule has 3 rings (SSSR count). The summed E-state index contributed by atoms with van der Waals surface area (Å²) in [7, 11) is 3.45. The molecular weight excluding hydrogens is 308 g/mol. The molecule has 2 aromatic heterocycles. The van der Waals surface area contributed by atoms with E-state index in [0.29, 0.717) is 11.1 Å². The summed E-state index contributed by atoms with van der Waals surface area (Å²) < 4.78 is 4.00. The van der Waals surface area contributed by atoms with Crippen LogP contribution in [-0.2, 0) is 14.1 Å². The molecule has 0 unspecified atom stereocenters. The van der Waals surface area contributed by atoms with E-state index in [9.17, 15) is 4.79 Å². The Balaban J connectivity index is 2.39. The van der Waals surface area contributed by atoms with Gasteiger partial charge >= 0.3 is 0 Å². The van der Waals surface area contributed by atoms with Gasteiger partial charge in [-0.1, -0.05) is 28.1 Å². The van der Waals surface area contributed by atoms with Crippen LogP contribution in [0, 0.1) is 0 Å². The van der Waals surface area contributed by atoms with E-state index in [1.165, 1.54) is 4.68 Å². The molecule has 0 radical (unpaired) electrons. The quantitative estimate of drug-likeness (QED) is 0.690. The second-order valence-electron chi connectivity index (χ2n) is 4.31. The van der Waals surface area contributed by atoms with Crippen molar-refractivity contribution in [1.29, 1.82) is 0 Å². The van der Waals surface area contributed by atoms with Gasteiger partial charge in [0.15, 0.2) is 0 Å². The number of rotatable bonds is 1. The van der Waals surface area contributed by atoms with E-state index in [-0.39, 0.29) is 5.56 Å². The van der Waals surface area contributed by atoms with Crippen molar-refractivity contribution in [2.24, 2.45) is 14.1 Å². The molecule has 0 aliphatic carbocycles. The van der Waals surface area contributed by atoms with E-state index in [2.05, 4.69) is 26.1 Å². The molecule has 0 fully saturated rings. The summed E-state index contributed by atoms with van der Waals surface area (Å²) in [6, 6.07) is 7.74. The second kappa shape index (κ2) is 4.31. The Morgan fingerprint density at radius 2 is 1.79 bits per heavy atom. The van der Waals surface area contributed by atoms with E-state index in [4.69, 9.17) is 0 Å². The molecule has 0 bridgehead atoms. The first-order valence-corrected chi connectivity index (χ1v) is 6.52. The van der Waals surface area contributed by atoms with Crippen molar-refractivity contribution < 1.29 is 0 Å². The lowest BCUT2D eigenvalue weighted by Gasteiger charge is -1.99. The monoisotopic (exact) mass is 318 g/mol. The highest BCUT2D eigenvalue weighted by Gasteiger charge is 2.15. The van der Waals surface area contributed by atoms with Gasteiger partial charge in [0, 0.05) is 24.1 Å². The number of hydrogen-bond donors (Lipinski definition) is 0. The first-order valence-electron chi connectivity index (χ1n) is 5.73. The summed E-state index contributed by atoms with van der Waals surface area (Å²) in [6.07, 6.45) is 1.66. The van der Waals surface area contributed by atoms with E-state index in [1.807, 2.05) is 31.3 Å². The number of aryl methyl sites for hydroxylation is 2. The van der Waals surface area contributed by atoms with Crippen LogP contribution < -0.4 is 5.56 Å². The third kappa shape index (κ3) is 1.88. The summed E-state index contributed by atoms with van der Waals surface area (Å²) >= 11 is 3.40. The highest BCUT2D eigenvalue weighted by Crippen LogP contribution is 2.25. The summed E-state index contributed by atoms with van der Waals surface area (Å²) in [5, 5.41) is 9.06. The van der Waals surface area contributed by atoms with Gasteiger partial charge in [-0.2, -0.15) is 10.2 Å². The SMILES string of the molecule is Cn1ncc2c(c(-c3ccc(Br)cc3)nn2C)c1=O. The average Bonchev–Trinajstić information content (AvgIpc) is 2.73. The fourth-order valence-electron chi connectivity index (χ4n) is 2.06. The highest BCUT2D eigenvalue weighted by molar-refractivity contribution is 9.10. The number of fused-ring (bicyclic) bond motifs is 1. The zero-order valence-corrected chi connectivity index (χ0v) is 12.0. The normalized spacial score (nSPS) is 11.1. The largest absolute Gasteiger partial charge is 0.278 e. The van der Waals surface area contributed by atoms with Gasteiger partial charge in [0.2, 0.25) is 0 Å². The Labute approximate surface area is 117 Å². The zero-order valence-electron chi connectivity index (χ0n) is 10.5. The molecule has 2 heterocycles. The minimum Gasteiger partial charge on any atom is -0.267 e. The van der Waals surface area contributed by atoms with Gasteiger partial charge in [-0.25, -0.2) is 4.68 Å². The van der Waals surface area contributed by atoms with Crippen molar-refractivity contribution in [2.75, 3.05) is 0 Å². The van der Waals surface area contributed by atoms with Crippen LogP contribution in [0.2, 0.25) is 0 Å². The minimum atomic E-state index is -0.136. The van der Waals surface area contributed by atoms with Crippen LogP contribution in [0.3, 0.4) is 0 Å². The number of nitrogens with zero attached hydrogens (tertiary/aromatic N) is 4. The predicted octanol–water partition coefficient (Wildman–Crippen LogP) is 2.10. The molecule has 3 aromatic rings. The molecule has 0 aliphatic heterocycles. The van der Waals surface area contributed by atoms with Gasteiger partial charge in [0.25, 0.3) is 5.56 Å². The third-order valence-electron chi connectivity index (χ3n) is 3.07. The van der Waals surface area contributed by atoms with Crippen molar-refractivity contribution >= 4 is 26.8 Å². The van der Waals surface area contributed by atoms with Crippen molar-refractivity contribution in [3.05, 3.63) is 45.3 Å². The molecule has 5 nitrogen and oxygen atoms in total. The predicted molar refractivity (Wildman–Crippen MR) is 76.9 cm³/mol. The first-order chi connectivity index (χ1) is 9.08. The van der Waals surface area contributed by atoms with Crippen molar-refractivity contribution in [2.45, 2.75) is 0 Å². The molecule has 96 valence electrons. The fraction of sp³-hybridized carbons (Fsp3) is 0.154. The molecule has 0 saturated heterocycles. The Kier molecular flexibility index (Phi) is 2.74. The van der Waals surface area contributed by atoms with Crippen LogP contribution in [0.4, 0.5) is 0 Å². The van der Waals surface area contributed by atoms with Gasteiger partial charge in [-0.3, -0.25) is 9.48 Å². The van der Waals surface area contributed by atoms with E-state index >= 15 is 0 Å². The van der Waals surface area contributed by atoms with Gasteiger partial charge in [0.05, 0.1) is 17.1 Å². The molecule has 0 aliphatic rings. The fourth-order valence-corrected chi connectivity index (χ4v) is 2.33. The van der Waals surface area contributed by atoms with Crippen molar-refractivity contribution in [3.63, 3.8) is 0 Å². The molecular formula is C13H11BrN4O. The van der Waals surface area contributed by atoms with Crippen LogP contribution in [0.5, 0.6) is 0 Å². The first kappa shape index (κ1) is 12.1. The van der Waals surface area contributed by atoms with Crippen LogP contribution in [0.1, 0.15) is 0 Å². The van der Waals surface area contributed by atoms with Crippen LogP contribution >= 0.6 is 15.9 Å². The molecule has 0 amide bonds. The zero-order chi connectivity index (χ0) is 13.6. The van der Waals surface area contributed by atoms with Crippen molar-refractivity contribution in [1.82, 2.24) is 19.6 Å². The van der Waals surface area contributed by atoms with Gasteiger partial charge in [0.1, 0.15) is 5.69 Å². The summed E-state index contributed by atoms with van der Waals surface area (Å²) in [4.78, 5) is 12.2. The number of benzene rings is 1. The lowest BCUT2D eigenvalue weighted by Crippen LogP contribution is -2.19. The molecule has 0 N–H and O–H groups in total. The maximum Gasteiger partial charge on any atom is 0.278 e. The molecule has 0 atom stereocenters. The minimum absolute atomic E-state index is 0.136. The van der Waals surface area contributed by atoms with Crippen LogP contribution in [0.25, 0.3) is 22.2 Å².